The molecular weight excluding hydrogens is 259 g/mol. The highest BCUT2D eigenvalue weighted by molar-refractivity contribution is 7.98. The van der Waals surface area contributed by atoms with E-state index in [4.69, 9.17) is 11.1 Å². The van der Waals surface area contributed by atoms with Gasteiger partial charge < -0.3 is 5.73 Å². The molecule has 3 N–H and O–H groups in total. The van der Waals surface area contributed by atoms with Crippen molar-refractivity contribution in [1.82, 2.24) is 0 Å². The summed E-state index contributed by atoms with van der Waals surface area (Å²) >= 11 is 1.57. The van der Waals surface area contributed by atoms with Crippen molar-refractivity contribution in [3.63, 3.8) is 0 Å². The minimum atomic E-state index is -0.393. The number of rotatable bonds is 4. The second-order valence-electron chi connectivity index (χ2n) is 4.30. The van der Waals surface area contributed by atoms with Crippen LogP contribution in [0.15, 0.2) is 47.4 Å². The smallest absolute Gasteiger partial charge is 0.138 e. The minimum absolute atomic E-state index is 0.169. The molecule has 2 aromatic rings. The van der Waals surface area contributed by atoms with E-state index in [0.29, 0.717) is 11.3 Å². The molecule has 98 valence electrons. The van der Waals surface area contributed by atoms with Gasteiger partial charge in [-0.15, -0.1) is 11.8 Å². The SMILES string of the molecule is Cc1cccc(SCc2cccc(C(=N)N)c2F)c1. The van der Waals surface area contributed by atoms with E-state index in [0.717, 1.165) is 4.90 Å². The van der Waals surface area contributed by atoms with Crippen LogP contribution < -0.4 is 5.73 Å². The van der Waals surface area contributed by atoms with Gasteiger partial charge in [0.05, 0.1) is 5.56 Å². The standard InChI is InChI=1S/C15H15FN2S/c1-10-4-2-6-12(8-10)19-9-11-5-3-7-13(14(11)16)15(17)18/h2-8H,9H2,1H3,(H3,17,18). The van der Waals surface area contributed by atoms with Gasteiger partial charge >= 0.3 is 0 Å². The van der Waals surface area contributed by atoms with Crippen LogP contribution in [0.3, 0.4) is 0 Å². The highest BCUT2D eigenvalue weighted by Crippen LogP contribution is 2.25. The Labute approximate surface area is 116 Å². The number of benzene rings is 2. The van der Waals surface area contributed by atoms with Crippen molar-refractivity contribution in [3.8, 4) is 0 Å². The fourth-order valence-corrected chi connectivity index (χ4v) is 2.75. The zero-order valence-electron chi connectivity index (χ0n) is 10.6. The van der Waals surface area contributed by atoms with Crippen LogP contribution in [0.5, 0.6) is 0 Å². The van der Waals surface area contributed by atoms with Crippen molar-refractivity contribution in [2.75, 3.05) is 0 Å². The number of nitrogens with two attached hydrogens (primary N) is 1. The summed E-state index contributed by atoms with van der Waals surface area (Å²) in [6.07, 6.45) is 0. The van der Waals surface area contributed by atoms with E-state index < -0.39 is 5.82 Å². The first-order valence-electron chi connectivity index (χ1n) is 5.89. The van der Waals surface area contributed by atoms with Crippen LogP contribution in [0.25, 0.3) is 0 Å². The number of amidine groups is 1. The largest absolute Gasteiger partial charge is 0.384 e. The minimum Gasteiger partial charge on any atom is -0.384 e. The first kappa shape index (κ1) is 13.6. The molecule has 0 atom stereocenters. The Morgan fingerprint density at radius 1 is 1.26 bits per heavy atom. The number of nitrogen functional groups attached to an aromatic ring is 1. The van der Waals surface area contributed by atoms with Gasteiger partial charge in [-0.3, -0.25) is 5.41 Å². The maximum atomic E-state index is 14.1. The molecule has 0 heterocycles. The van der Waals surface area contributed by atoms with Gasteiger partial charge in [0.1, 0.15) is 11.7 Å². The van der Waals surface area contributed by atoms with Crippen LogP contribution in [0.4, 0.5) is 4.39 Å². The highest BCUT2D eigenvalue weighted by Gasteiger charge is 2.10. The molecular formula is C15H15FN2S. The molecule has 0 unspecified atom stereocenters. The van der Waals surface area contributed by atoms with Gasteiger partial charge in [-0.25, -0.2) is 4.39 Å². The molecule has 0 spiro atoms. The maximum absolute atomic E-state index is 14.1. The molecule has 0 saturated heterocycles. The first-order chi connectivity index (χ1) is 9.08. The Balaban J connectivity index is 2.16. The second-order valence-corrected chi connectivity index (χ2v) is 5.35. The van der Waals surface area contributed by atoms with Crippen molar-refractivity contribution in [2.24, 2.45) is 5.73 Å². The van der Waals surface area contributed by atoms with E-state index in [1.165, 1.54) is 11.6 Å². The molecule has 2 aromatic carbocycles. The molecule has 2 nitrogen and oxygen atoms in total. The Hall–Kier alpha value is -1.81. The predicted molar refractivity (Wildman–Crippen MR) is 78.2 cm³/mol. The van der Waals surface area contributed by atoms with Gasteiger partial charge in [0, 0.05) is 10.6 Å². The Bertz CT molecular complexity index is 611. The number of aryl methyl sites for hydroxylation is 1. The highest BCUT2D eigenvalue weighted by atomic mass is 32.2. The summed E-state index contributed by atoms with van der Waals surface area (Å²) in [5, 5.41) is 7.33. The van der Waals surface area contributed by atoms with Gasteiger partial charge in [0.25, 0.3) is 0 Å². The summed E-state index contributed by atoms with van der Waals surface area (Å²) in [5.74, 6) is -0.105. The lowest BCUT2D eigenvalue weighted by Gasteiger charge is -2.07. The zero-order chi connectivity index (χ0) is 13.8. The van der Waals surface area contributed by atoms with Crippen molar-refractivity contribution in [3.05, 3.63) is 65.0 Å². The maximum Gasteiger partial charge on any atom is 0.138 e. The quantitative estimate of drug-likeness (QED) is 0.507. The summed E-state index contributed by atoms with van der Waals surface area (Å²) in [6, 6.07) is 13.1. The lowest BCUT2D eigenvalue weighted by molar-refractivity contribution is 0.614. The molecule has 4 heteroatoms. The number of nitrogens with one attached hydrogen (secondary N) is 1. The summed E-state index contributed by atoms with van der Waals surface area (Å²) in [6.45, 7) is 2.03. The van der Waals surface area contributed by atoms with Crippen LogP contribution in [0.2, 0.25) is 0 Å². The molecule has 0 aliphatic carbocycles. The average Bonchev–Trinajstić information content (AvgIpc) is 2.37. The van der Waals surface area contributed by atoms with Crippen LogP contribution in [0.1, 0.15) is 16.7 Å². The third-order valence-electron chi connectivity index (χ3n) is 2.75. The summed E-state index contributed by atoms with van der Waals surface area (Å²) in [7, 11) is 0. The van der Waals surface area contributed by atoms with E-state index >= 15 is 0 Å². The summed E-state index contributed by atoms with van der Waals surface area (Å²) in [4.78, 5) is 1.10. The Morgan fingerprint density at radius 3 is 2.68 bits per heavy atom. The van der Waals surface area contributed by atoms with Gasteiger partial charge in [-0.2, -0.15) is 0 Å². The van der Waals surface area contributed by atoms with Gasteiger partial charge in [0.2, 0.25) is 0 Å². The van der Waals surface area contributed by atoms with E-state index in [1.54, 1.807) is 23.9 Å². The van der Waals surface area contributed by atoms with E-state index in [-0.39, 0.29) is 11.4 Å². The number of hydrogen-bond acceptors (Lipinski definition) is 2. The van der Waals surface area contributed by atoms with E-state index in [9.17, 15) is 4.39 Å². The first-order valence-corrected chi connectivity index (χ1v) is 6.87. The molecule has 0 fully saturated rings. The molecule has 0 saturated carbocycles. The monoisotopic (exact) mass is 274 g/mol. The molecule has 0 aromatic heterocycles. The Kier molecular flexibility index (Phi) is 4.22. The molecule has 0 bridgehead atoms. The molecule has 0 amide bonds. The Morgan fingerprint density at radius 2 is 2.00 bits per heavy atom. The number of hydrogen-bond donors (Lipinski definition) is 2. The third kappa shape index (κ3) is 3.35. The van der Waals surface area contributed by atoms with E-state index in [1.807, 2.05) is 25.1 Å². The fraction of sp³-hybridized carbons (Fsp3) is 0.133. The fourth-order valence-electron chi connectivity index (χ4n) is 1.77. The third-order valence-corrected chi connectivity index (χ3v) is 3.80. The topological polar surface area (TPSA) is 49.9 Å². The van der Waals surface area contributed by atoms with Gasteiger partial charge in [0.15, 0.2) is 0 Å². The lowest BCUT2D eigenvalue weighted by Crippen LogP contribution is -2.14. The molecule has 2 rings (SSSR count). The van der Waals surface area contributed by atoms with Crippen LogP contribution >= 0.6 is 11.8 Å². The number of thioether (sulfide) groups is 1. The number of halogens is 1. The average molecular weight is 274 g/mol. The molecule has 0 radical (unpaired) electrons. The van der Waals surface area contributed by atoms with Gasteiger partial charge in [-0.05, 0) is 30.7 Å². The molecule has 19 heavy (non-hydrogen) atoms. The lowest BCUT2D eigenvalue weighted by atomic mass is 10.1. The van der Waals surface area contributed by atoms with Gasteiger partial charge in [-0.1, -0.05) is 29.8 Å². The normalized spacial score (nSPS) is 10.4. The summed E-state index contributed by atoms with van der Waals surface area (Å²) in [5.41, 5.74) is 7.27. The molecule has 0 aliphatic rings. The van der Waals surface area contributed by atoms with Crippen molar-refractivity contribution in [2.45, 2.75) is 17.6 Å². The zero-order valence-corrected chi connectivity index (χ0v) is 11.4. The van der Waals surface area contributed by atoms with Crippen LogP contribution in [0, 0.1) is 18.2 Å². The van der Waals surface area contributed by atoms with Crippen molar-refractivity contribution in [1.29, 1.82) is 5.41 Å². The molecule has 0 aliphatic heterocycles. The van der Waals surface area contributed by atoms with Crippen LogP contribution in [-0.4, -0.2) is 5.84 Å². The predicted octanol–water partition coefficient (Wildman–Crippen LogP) is 3.71. The second kappa shape index (κ2) is 5.89. The summed E-state index contributed by atoms with van der Waals surface area (Å²) < 4.78 is 14.1. The van der Waals surface area contributed by atoms with E-state index in [2.05, 4.69) is 6.07 Å². The van der Waals surface area contributed by atoms with Crippen LogP contribution in [-0.2, 0) is 5.75 Å². The van der Waals surface area contributed by atoms with Crippen molar-refractivity contribution >= 4 is 17.6 Å². The van der Waals surface area contributed by atoms with Crippen molar-refractivity contribution < 1.29 is 4.39 Å².